The highest BCUT2D eigenvalue weighted by molar-refractivity contribution is 5.29. The Bertz CT molecular complexity index is 422. The van der Waals surface area contributed by atoms with Gasteiger partial charge in [0.15, 0.2) is 0 Å². The van der Waals surface area contributed by atoms with Gasteiger partial charge in [-0.1, -0.05) is 44.7 Å². The van der Waals surface area contributed by atoms with Crippen LogP contribution in [0.2, 0.25) is 0 Å². The van der Waals surface area contributed by atoms with Crippen LogP contribution in [-0.2, 0) is 6.42 Å². The zero-order valence-corrected chi connectivity index (χ0v) is 13.1. The van der Waals surface area contributed by atoms with Crippen LogP contribution in [0.5, 0.6) is 5.75 Å². The van der Waals surface area contributed by atoms with Crippen LogP contribution in [0.25, 0.3) is 0 Å². The fourth-order valence-corrected chi connectivity index (χ4v) is 2.93. The van der Waals surface area contributed by atoms with Crippen molar-refractivity contribution < 1.29 is 14.9 Å². The predicted octanol–water partition coefficient (Wildman–Crippen LogP) is 3.46. The highest BCUT2D eigenvalue weighted by Crippen LogP contribution is 2.28. The van der Waals surface area contributed by atoms with Crippen LogP contribution in [0.1, 0.15) is 57.4 Å². The zero-order valence-electron chi connectivity index (χ0n) is 13.1. The summed E-state index contributed by atoms with van der Waals surface area (Å²) in [7, 11) is 0. The van der Waals surface area contributed by atoms with Gasteiger partial charge < -0.3 is 14.9 Å². The molecule has 1 aromatic carbocycles. The van der Waals surface area contributed by atoms with Gasteiger partial charge in [0.2, 0.25) is 0 Å². The molecule has 1 atom stereocenters. The molecule has 0 saturated heterocycles. The highest BCUT2D eigenvalue weighted by Gasteiger charge is 2.28. The van der Waals surface area contributed by atoms with Crippen molar-refractivity contribution in [1.29, 1.82) is 0 Å². The van der Waals surface area contributed by atoms with Gasteiger partial charge in [-0.2, -0.15) is 0 Å². The van der Waals surface area contributed by atoms with Gasteiger partial charge in [0, 0.05) is 0 Å². The quantitative estimate of drug-likeness (QED) is 0.789. The summed E-state index contributed by atoms with van der Waals surface area (Å²) >= 11 is 0. The van der Waals surface area contributed by atoms with Gasteiger partial charge >= 0.3 is 0 Å². The molecule has 1 aliphatic carbocycles. The van der Waals surface area contributed by atoms with E-state index in [-0.39, 0.29) is 6.10 Å². The second-order valence-electron chi connectivity index (χ2n) is 6.34. The van der Waals surface area contributed by atoms with Crippen molar-refractivity contribution in [3.63, 3.8) is 0 Å². The molecule has 21 heavy (non-hydrogen) atoms. The molecule has 0 heterocycles. The third-order valence-electron chi connectivity index (χ3n) is 4.38. The van der Waals surface area contributed by atoms with E-state index in [0.29, 0.717) is 13.0 Å². The molecule has 0 aromatic heterocycles. The summed E-state index contributed by atoms with van der Waals surface area (Å²) in [4.78, 5) is 0. The zero-order chi connectivity index (χ0) is 15.1. The Hall–Kier alpha value is -1.06. The van der Waals surface area contributed by atoms with Crippen molar-refractivity contribution in [3.05, 3.63) is 29.8 Å². The number of aliphatic hydroxyl groups is 2. The Morgan fingerprint density at radius 2 is 1.90 bits per heavy atom. The maximum Gasteiger partial charge on any atom is 0.119 e. The van der Waals surface area contributed by atoms with Crippen LogP contribution < -0.4 is 4.74 Å². The number of aliphatic hydroxyl groups excluding tert-OH is 1. The van der Waals surface area contributed by atoms with Crippen molar-refractivity contribution in [2.75, 3.05) is 6.61 Å². The van der Waals surface area contributed by atoms with Crippen molar-refractivity contribution in [3.8, 4) is 5.75 Å². The molecular weight excluding hydrogens is 264 g/mol. The molecule has 1 saturated carbocycles. The molecule has 0 radical (unpaired) electrons. The van der Waals surface area contributed by atoms with Crippen LogP contribution in [0.3, 0.4) is 0 Å². The first-order valence-electron chi connectivity index (χ1n) is 8.23. The van der Waals surface area contributed by atoms with Crippen LogP contribution in [0, 0.1) is 0 Å². The number of benzene rings is 1. The number of rotatable bonds is 6. The highest BCUT2D eigenvalue weighted by atomic mass is 16.5. The molecule has 0 amide bonds. The van der Waals surface area contributed by atoms with E-state index in [9.17, 15) is 10.2 Å². The second kappa shape index (κ2) is 7.81. The minimum Gasteiger partial charge on any atom is -0.491 e. The van der Waals surface area contributed by atoms with Gasteiger partial charge in [-0.05, 0) is 43.4 Å². The van der Waals surface area contributed by atoms with E-state index in [4.69, 9.17) is 4.74 Å². The molecule has 3 heteroatoms. The largest absolute Gasteiger partial charge is 0.491 e. The van der Waals surface area contributed by atoms with Crippen LogP contribution in [0.4, 0.5) is 0 Å². The van der Waals surface area contributed by atoms with E-state index in [1.165, 1.54) is 12.8 Å². The first-order chi connectivity index (χ1) is 10.1. The number of hydrogen-bond acceptors (Lipinski definition) is 3. The van der Waals surface area contributed by atoms with Crippen molar-refractivity contribution in [2.45, 2.75) is 70.0 Å². The van der Waals surface area contributed by atoms with E-state index < -0.39 is 5.60 Å². The fourth-order valence-electron chi connectivity index (χ4n) is 2.93. The molecule has 0 bridgehead atoms. The summed E-state index contributed by atoms with van der Waals surface area (Å²) in [6.45, 7) is 2.35. The normalized spacial score (nSPS) is 19.8. The molecule has 0 unspecified atom stereocenters. The van der Waals surface area contributed by atoms with E-state index in [1.54, 1.807) is 0 Å². The Morgan fingerprint density at radius 1 is 1.19 bits per heavy atom. The molecule has 1 aromatic rings. The fraction of sp³-hybridized carbons (Fsp3) is 0.667. The van der Waals surface area contributed by atoms with Gasteiger partial charge in [0.1, 0.15) is 12.4 Å². The molecule has 3 nitrogen and oxygen atoms in total. The molecule has 118 valence electrons. The first kappa shape index (κ1) is 16.3. The Labute approximate surface area is 128 Å². The SMILES string of the molecule is CC[C@H](O)Cc1cccc(OCC2(O)CCCCCC2)c1. The third-order valence-corrected chi connectivity index (χ3v) is 4.38. The Kier molecular flexibility index (Phi) is 6.07. The molecule has 1 fully saturated rings. The Morgan fingerprint density at radius 3 is 2.57 bits per heavy atom. The van der Waals surface area contributed by atoms with Gasteiger partial charge in [-0.25, -0.2) is 0 Å². The summed E-state index contributed by atoms with van der Waals surface area (Å²) in [5.74, 6) is 0.786. The lowest BCUT2D eigenvalue weighted by atomic mass is 9.96. The summed E-state index contributed by atoms with van der Waals surface area (Å²) in [6, 6.07) is 7.84. The van der Waals surface area contributed by atoms with E-state index in [0.717, 1.165) is 43.4 Å². The summed E-state index contributed by atoms with van der Waals surface area (Å²) in [5, 5.41) is 20.3. The third kappa shape index (κ3) is 5.33. The molecule has 2 rings (SSSR count). The van der Waals surface area contributed by atoms with E-state index in [1.807, 2.05) is 31.2 Å². The minimum absolute atomic E-state index is 0.300. The van der Waals surface area contributed by atoms with Crippen LogP contribution >= 0.6 is 0 Å². The maximum absolute atomic E-state index is 10.6. The smallest absolute Gasteiger partial charge is 0.119 e. The van der Waals surface area contributed by atoms with Gasteiger partial charge in [0.05, 0.1) is 11.7 Å². The molecule has 2 N–H and O–H groups in total. The average Bonchev–Trinajstić information content (AvgIpc) is 2.71. The maximum atomic E-state index is 10.6. The summed E-state index contributed by atoms with van der Waals surface area (Å²) in [5.41, 5.74) is 0.407. The molecular formula is C18H28O3. The number of ether oxygens (including phenoxy) is 1. The average molecular weight is 292 g/mol. The van der Waals surface area contributed by atoms with Gasteiger partial charge in [0.25, 0.3) is 0 Å². The lowest BCUT2D eigenvalue weighted by Gasteiger charge is -2.26. The van der Waals surface area contributed by atoms with Crippen molar-refractivity contribution in [2.24, 2.45) is 0 Å². The second-order valence-corrected chi connectivity index (χ2v) is 6.34. The van der Waals surface area contributed by atoms with Crippen molar-refractivity contribution >= 4 is 0 Å². The van der Waals surface area contributed by atoms with Crippen LogP contribution in [-0.4, -0.2) is 28.5 Å². The van der Waals surface area contributed by atoms with Gasteiger partial charge in [-0.3, -0.25) is 0 Å². The van der Waals surface area contributed by atoms with Crippen LogP contribution in [0.15, 0.2) is 24.3 Å². The Balaban J connectivity index is 1.91. The van der Waals surface area contributed by atoms with E-state index in [2.05, 4.69) is 0 Å². The first-order valence-corrected chi connectivity index (χ1v) is 8.23. The predicted molar refractivity (Wildman–Crippen MR) is 84.6 cm³/mol. The summed E-state index contributed by atoms with van der Waals surface area (Å²) < 4.78 is 5.83. The van der Waals surface area contributed by atoms with Gasteiger partial charge in [-0.15, -0.1) is 0 Å². The monoisotopic (exact) mass is 292 g/mol. The molecule has 1 aliphatic rings. The molecule has 0 spiro atoms. The standard InChI is InChI=1S/C18H28O3/c1-2-16(19)12-15-8-7-9-17(13-15)21-14-18(20)10-5-3-4-6-11-18/h7-9,13,16,19-20H,2-6,10-12,14H2,1H3/t16-/m0/s1. The molecule has 0 aliphatic heterocycles. The lowest BCUT2D eigenvalue weighted by Crippen LogP contribution is -2.35. The minimum atomic E-state index is -0.671. The lowest BCUT2D eigenvalue weighted by molar-refractivity contribution is -0.0173. The number of hydrogen-bond donors (Lipinski definition) is 2. The van der Waals surface area contributed by atoms with Crippen molar-refractivity contribution in [1.82, 2.24) is 0 Å². The van der Waals surface area contributed by atoms with E-state index >= 15 is 0 Å². The topological polar surface area (TPSA) is 49.7 Å². The summed E-state index contributed by atoms with van der Waals surface area (Å²) in [6.07, 6.45) is 7.38.